The quantitative estimate of drug-likeness (QED) is 0.922. The molecule has 1 aromatic carbocycles. The summed E-state index contributed by atoms with van der Waals surface area (Å²) in [6.07, 6.45) is -4.88. The van der Waals surface area contributed by atoms with Crippen LogP contribution in [0.4, 0.5) is 13.2 Å². The zero-order valence-electron chi connectivity index (χ0n) is 9.98. The molecule has 2 rings (SSSR count). The first-order chi connectivity index (χ1) is 9.18. The van der Waals surface area contributed by atoms with Gasteiger partial charge in [-0.15, -0.1) is 11.8 Å². The van der Waals surface area contributed by atoms with Gasteiger partial charge in [-0.3, -0.25) is 9.52 Å². The Kier molecular flexibility index (Phi) is 4.01. The van der Waals surface area contributed by atoms with Gasteiger partial charge in [-0.2, -0.15) is 13.2 Å². The summed E-state index contributed by atoms with van der Waals surface area (Å²) in [6, 6.07) is 6.90. The van der Waals surface area contributed by atoms with E-state index >= 15 is 0 Å². The van der Waals surface area contributed by atoms with Crippen molar-refractivity contribution in [1.82, 2.24) is 4.72 Å². The highest BCUT2D eigenvalue weighted by atomic mass is 32.2. The summed E-state index contributed by atoms with van der Waals surface area (Å²) >= 11 is 1.37. The Hall–Kier alpha value is -1.22. The highest BCUT2D eigenvalue weighted by Gasteiger charge is 2.38. The molecular formula is C11H10F3NO3S2. The summed E-state index contributed by atoms with van der Waals surface area (Å²) in [6.45, 7) is 0. The van der Waals surface area contributed by atoms with E-state index in [0.717, 1.165) is 4.90 Å². The molecule has 0 aliphatic carbocycles. The number of carbonyl (C=O) groups excluding carboxylic acids is 1. The summed E-state index contributed by atoms with van der Waals surface area (Å²) in [5.41, 5.74) is 0.636. The van der Waals surface area contributed by atoms with Crippen LogP contribution in [-0.2, 0) is 14.8 Å². The number of alkyl halides is 3. The van der Waals surface area contributed by atoms with Crippen LogP contribution < -0.4 is 4.72 Å². The maximum atomic E-state index is 12.1. The first-order valence-electron chi connectivity index (χ1n) is 5.51. The van der Waals surface area contributed by atoms with Crippen molar-refractivity contribution in [2.24, 2.45) is 0 Å². The standard InChI is InChI=1S/C11H10F3NO3S2/c12-11(13,14)6-20(17,18)15-10(16)8-5-19-9-4-2-1-3-7(8)9/h1-4,8H,5-6H2,(H,15,16)/t8-/m1/s1. The minimum absolute atomic E-state index is 0.312. The molecule has 1 aliphatic heterocycles. The lowest BCUT2D eigenvalue weighted by molar-refractivity contribution is -0.120. The fourth-order valence-corrected chi connectivity index (χ4v) is 4.04. The molecule has 20 heavy (non-hydrogen) atoms. The second-order valence-corrected chi connectivity index (χ2v) is 7.03. The van der Waals surface area contributed by atoms with Gasteiger partial charge in [-0.05, 0) is 11.6 Å². The molecule has 1 amide bonds. The fraction of sp³-hybridized carbons (Fsp3) is 0.364. The van der Waals surface area contributed by atoms with Gasteiger partial charge in [-0.1, -0.05) is 18.2 Å². The monoisotopic (exact) mass is 325 g/mol. The molecule has 0 aromatic heterocycles. The molecule has 1 heterocycles. The van der Waals surface area contributed by atoms with Crippen LogP contribution in [0.2, 0.25) is 0 Å². The van der Waals surface area contributed by atoms with E-state index in [-0.39, 0.29) is 0 Å². The van der Waals surface area contributed by atoms with Gasteiger partial charge < -0.3 is 0 Å². The van der Waals surface area contributed by atoms with E-state index in [0.29, 0.717) is 11.3 Å². The molecule has 0 unspecified atom stereocenters. The van der Waals surface area contributed by atoms with Crippen LogP contribution >= 0.6 is 11.8 Å². The maximum Gasteiger partial charge on any atom is 0.404 e. The number of benzene rings is 1. The average Bonchev–Trinajstić information content (AvgIpc) is 2.68. The van der Waals surface area contributed by atoms with Gasteiger partial charge in [0.25, 0.3) is 0 Å². The molecule has 0 bridgehead atoms. The number of fused-ring (bicyclic) bond motifs is 1. The number of amides is 1. The Morgan fingerprint density at radius 1 is 1.35 bits per heavy atom. The second-order valence-electron chi connectivity index (χ2n) is 4.24. The number of thioether (sulfide) groups is 1. The first kappa shape index (κ1) is 15.2. The molecule has 0 saturated heterocycles. The molecule has 0 radical (unpaired) electrons. The van der Waals surface area contributed by atoms with E-state index in [2.05, 4.69) is 0 Å². The second kappa shape index (κ2) is 5.28. The van der Waals surface area contributed by atoms with Crippen molar-refractivity contribution in [2.75, 3.05) is 11.5 Å². The van der Waals surface area contributed by atoms with Gasteiger partial charge in [0.05, 0.1) is 5.92 Å². The predicted octanol–water partition coefficient (Wildman–Crippen LogP) is 1.88. The van der Waals surface area contributed by atoms with Crippen molar-refractivity contribution < 1.29 is 26.4 Å². The normalized spacial score (nSPS) is 18.6. The van der Waals surface area contributed by atoms with Crippen molar-refractivity contribution in [1.29, 1.82) is 0 Å². The minimum Gasteiger partial charge on any atom is -0.273 e. The van der Waals surface area contributed by atoms with Crippen LogP contribution in [0, 0.1) is 0 Å². The maximum absolute atomic E-state index is 12.1. The van der Waals surface area contributed by atoms with Gasteiger partial charge >= 0.3 is 6.18 Å². The number of carbonyl (C=O) groups is 1. The fourth-order valence-electron chi connectivity index (χ4n) is 1.86. The summed E-state index contributed by atoms with van der Waals surface area (Å²) in [5, 5.41) is 0. The predicted molar refractivity (Wildman–Crippen MR) is 67.9 cm³/mol. The van der Waals surface area contributed by atoms with Crippen molar-refractivity contribution in [3.63, 3.8) is 0 Å². The zero-order chi connectivity index (χ0) is 15.0. The smallest absolute Gasteiger partial charge is 0.273 e. The van der Waals surface area contributed by atoms with Crippen LogP contribution in [0.3, 0.4) is 0 Å². The van der Waals surface area contributed by atoms with Gasteiger partial charge in [0.2, 0.25) is 15.9 Å². The van der Waals surface area contributed by atoms with Crippen LogP contribution in [0.25, 0.3) is 0 Å². The average molecular weight is 325 g/mol. The zero-order valence-corrected chi connectivity index (χ0v) is 11.6. The summed E-state index contributed by atoms with van der Waals surface area (Å²) in [4.78, 5) is 12.7. The molecule has 9 heteroatoms. The number of sulfonamides is 1. The largest absolute Gasteiger partial charge is 0.404 e. The van der Waals surface area contributed by atoms with E-state index in [4.69, 9.17) is 0 Å². The van der Waals surface area contributed by atoms with Crippen molar-refractivity contribution in [3.8, 4) is 0 Å². The third-order valence-corrected chi connectivity index (χ3v) is 5.03. The molecule has 0 spiro atoms. The van der Waals surface area contributed by atoms with Gasteiger partial charge in [0.15, 0.2) is 5.75 Å². The summed E-state index contributed by atoms with van der Waals surface area (Å²) in [7, 11) is -4.71. The van der Waals surface area contributed by atoms with E-state index in [1.54, 1.807) is 24.3 Å². The highest BCUT2D eigenvalue weighted by Crippen LogP contribution is 2.39. The van der Waals surface area contributed by atoms with Gasteiger partial charge in [-0.25, -0.2) is 8.42 Å². The minimum atomic E-state index is -4.88. The van der Waals surface area contributed by atoms with Crippen LogP contribution in [0.5, 0.6) is 0 Å². The van der Waals surface area contributed by atoms with E-state index in [1.807, 2.05) is 0 Å². The molecule has 4 nitrogen and oxygen atoms in total. The van der Waals surface area contributed by atoms with Crippen LogP contribution in [-0.4, -0.2) is 32.0 Å². The van der Waals surface area contributed by atoms with Crippen molar-refractivity contribution >= 4 is 27.7 Å². The Labute approximate surface area is 117 Å². The summed E-state index contributed by atoms with van der Waals surface area (Å²) in [5.74, 6) is -3.43. The lowest BCUT2D eigenvalue weighted by Gasteiger charge is -2.13. The van der Waals surface area contributed by atoms with E-state index in [1.165, 1.54) is 16.5 Å². The topological polar surface area (TPSA) is 63.2 Å². The Balaban J connectivity index is 2.11. The Morgan fingerprint density at radius 2 is 2.00 bits per heavy atom. The van der Waals surface area contributed by atoms with Gasteiger partial charge in [0, 0.05) is 10.6 Å². The Bertz CT molecular complexity index is 628. The highest BCUT2D eigenvalue weighted by molar-refractivity contribution is 7.99. The first-order valence-corrected chi connectivity index (χ1v) is 8.14. The molecular weight excluding hydrogens is 315 g/mol. The summed E-state index contributed by atoms with van der Waals surface area (Å²) < 4.78 is 60.3. The molecule has 1 N–H and O–H groups in total. The van der Waals surface area contributed by atoms with E-state index < -0.39 is 33.8 Å². The number of halogens is 3. The molecule has 0 fully saturated rings. The number of rotatable bonds is 3. The third kappa shape index (κ3) is 3.66. The van der Waals surface area contributed by atoms with Crippen molar-refractivity contribution in [2.45, 2.75) is 17.0 Å². The lowest BCUT2D eigenvalue weighted by Crippen LogP contribution is -2.39. The number of nitrogens with one attached hydrogen (secondary N) is 1. The molecule has 1 aromatic rings. The molecule has 0 saturated carbocycles. The van der Waals surface area contributed by atoms with Gasteiger partial charge in [0.1, 0.15) is 0 Å². The third-order valence-electron chi connectivity index (χ3n) is 2.63. The lowest BCUT2D eigenvalue weighted by atomic mass is 10.0. The van der Waals surface area contributed by atoms with Crippen LogP contribution in [0.1, 0.15) is 11.5 Å². The SMILES string of the molecule is O=C(NS(=O)(=O)CC(F)(F)F)[C@@H]1CSc2ccccc21. The van der Waals surface area contributed by atoms with E-state index in [9.17, 15) is 26.4 Å². The molecule has 110 valence electrons. The molecule has 1 aliphatic rings. The molecule has 1 atom stereocenters. The van der Waals surface area contributed by atoms with Crippen molar-refractivity contribution in [3.05, 3.63) is 29.8 Å². The number of hydrogen-bond donors (Lipinski definition) is 1. The Morgan fingerprint density at radius 3 is 2.65 bits per heavy atom. The van der Waals surface area contributed by atoms with Crippen LogP contribution in [0.15, 0.2) is 29.2 Å². The number of hydrogen-bond acceptors (Lipinski definition) is 4.